The smallest absolute Gasteiger partial charge is 0.282 e. The van der Waals surface area contributed by atoms with Crippen LogP contribution < -0.4 is 5.32 Å². The maximum Gasteiger partial charge on any atom is 0.282 e. The summed E-state index contributed by atoms with van der Waals surface area (Å²) in [7, 11) is 1.59. The third-order valence-electron chi connectivity index (χ3n) is 4.42. The minimum absolute atomic E-state index is 0.182. The Kier molecular flexibility index (Phi) is 7.35. The molecule has 0 amide bonds. The quantitative estimate of drug-likeness (QED) is 0.535. The van der Waals surface area contributed by atoms with Crippen molar-refractivity contribution >= 4 is 5.69 Å². The number of pyridine rings is 2. The van der Waals surface area contributed by atoms with Gasteiger partial charge in [-0.1, -0.05) is 13.8 Å². The minimum Gasteiger partial charge on any atom is -0.381 e. The SMILES string of the molecule is COC(C)(CNc1ccc(-c2ccnc(C(F)F)c2)nc1C(F)F)CC(C)C. The van der Waals surface area contributed by atoms with Crippen LogP contribution in [0, 0.1) is 5.92 Å². The van der Waals surface area contributed by atoms with Gasteiger partial charge in [-0.05, 0) is 43.5 Å². The number of rotatable bonds is 9. The van der Waals surface area contributed by atoms with Crippen LogP contribution in [0.3, 0.4) is 0 Å². The highest BCUT2D eigenvalue weighted by molar-refractivity contribution is 5.63. The standard InChI is InChI=1S/C20H25F4N3O/c1-12(2)10-20(3,28-4)11-26-15-6-5-14(27-17(15)19(23)24)13-7-8-25-16(9-13)18(21)22/h5-9,12,18-19,26H,10-11H2,1-4H3. The topological polar surface area (TPSA) is 47.0 Å². The molecule has 0 aliphatic heterocycles. The van der Waals surface area contributed by atoms with Gasteiger partial charge in [0.05, 0.1) is 17.0 Å². The van der Waals surface area contributed by atoms with Gasteiger partial charge >= 0.3 is 0 Å². The summed E-state index contributed by atoms with van der Waals surface area (Å²) < 4.78 is 58.4. The van der Waals surface area contributed by atoms with Crippen LogP contribution in [0.15, 0.2) is 30.5 Å². The molecule has 2 heterocycles. The fraction of sp³-hybridized carbons (Fsp3) is 0.500. The molecule has 1 atom stereocenters. The van der Waals surface area contributed by atoms with Gasteiger partial charge < -0.3 is 10.1 Å². The summed E-state index contributed by atoms with van der Waals surface area (Å²) in [6, 6.07) is 5.62. The van der Waals surface area contributed by atoms with Crippen LogP contribution in [-0.4, -0.2) is 29.2 Å². The number of alkyl halides is 4. The molecule has 2 aromatic rings. The first-order valence-corrected chi connectivity index (χ1v) is 8.98. The van der Waals surface area contributed by atoms with E-state index < -0.39 is 29.8 Å². The molecule has 1 unspecified atom stereocenters. The molecule has 0 radical (unpaired) electrons. The number of halogens is 4. The third-order valence-corrected chi connectivity index (χ3v) is 4.42. The second kappa shape index (κ2) is 9.32. The third kappa shape index (κ3) is 5.64. The predicted molar refractivity (Wildman–Crippen MR) is 101 cm³/mol. The number of methoxy groups -OCH3 is 1. The van der Waals surface area contributed by atoms with Gasteiger partial charge in [-0.3, -0.25) is 4.98 Å². The lowest BCUT2D eigenvalue weighted by atomic mass is 9.94. The van der Waals surface area contributed by atoms with Crippen LogP contribution in [0.25, 0.3) is 11.3 Å². The molecule has 0 saturated carbocycles. The molecule has 0 fully saturated rings. The van der Waals surface area contributed by atoms with Crippen LogP contribution in [-0.2, 0) is 4.74 Å². The fourth-order valence-electron chi connectivity index (χ4n) is 3.05. The van der Waals surface area contributed by atoms with E-state index in [1.807, 2.05) is 6.92 Å². The van der Waals surface area contributed by atoms with Crippen molar-refractivity contribution in [2.75, 3.05) is 19.0 Å². The number of aromatic nitrogens is 2. The summed E-state index contributed by atoms with van der Waals surface area (Å²) in [6.07, 6.45) is -3.61. The summed E-state index contributed by atoms with van der Waals surface area (Å²) in [5.41, 5.74) is -0.708. The molecule has 8 heteroatoms. The van der Waals surface area contributed by atoms with Crippen LogP contribution in [0.4, 0.5) is 23.2 Å². The highest BCUT2D eigenvalue weighted by atomic mass is 19.3. The van der Waals surface area contributed by atoms with Crippen molar-refractivity contribution in [1.29, 1.82) is 0 Å². The maximum atomic E-state index is 13.6. The lowest BCUT2D eigenvalue weighted by molar-refractivity contribution is 0.000598. The van der Waals surface area contributed by atoms with E-state index >= 15 is 0 Å². The molecule has 0 spiro atoms. The molecule has 0 aromatic carbocycles. The molecule has 0 bridgehead atoms. The second-order valence-corrected chi connectivity index (χ2v) is 7.31. The highest BCUT2D eigenvalue weighted by Crippen LogP contribution is 2.31. The number of nitrogens with zero attached hydrogens (tertiary/aromatic N) is 2. The van der Waals surface area contributed by atoms with Crippen molar-refractivity contribution in [3.05, 3.63) is 41.9 Å². The highest BCUT2D eigenvalue weighted by Gasteiger charge is 2.26. The Hall–Kier alpha value is -2.22. The Morgan fingerprint density at radius 1 is 1.11 bits per heavy atom. The van der Waals surface area contributed by atoms with E-state index in [4.69, 9.17) is 4.74 Å². The lowest BCUT2D eigenvalue weighted by Crippen LogP contribution is -2.37. The zero-order valence-corrected chi connectivity index (χ0v) is 16.3. The van der Waals surface area contributed by atoms with Crippen molar-refractivity contribution in [2.45, 2.75) is 45.6 Å². The Balaban J connectivity index is 2.29. The van der Waals surface area contributed by atoms with Gasteiger partial charge in [0.15, 0.2) is 0 Å². The summed E-state index contributed by atoms with van der Waals surface area (Å²) >= 11 is 0. The largest absolute Gasteiger partial charge is 0.381 e. The monoisotopic (exact) mass is 399 g/mol. The molecule has 2 rings (SSSR count). The lowest BCUT2D eigenvalue weighted by Gasteiger charge is -2.31. The van der Waals surface area contributed by atoms with Gasteiger partial charge in [0.2, 0.25) is 0 Å². The Morgan fingerprint density at radius 2 is 1.82 bits per heavy atom. The van der Waals surface area contributed by atoms with Gasteiger partial charge in [-0.15, -0.1) is 0 Å². The van der Waals surface area contributed by atoms with Crippen molar-refractivity contribution in [3.8, 4) is 11.3 Å². The van der Waals surface area contributed by atoms with Crippen LogP contribution in [0.1, 0.15) is 51.4 Å². The van der Waals surface area contributed by atoms with Crippen LogP contribution in [0.2, 0.25) is 0 Å². The summed E-state index contributed by atoms with van der Waals surface area (Å²) in [6.45, 7) is 6.35. The summed E-state index contributed by atoms with van der Waals surface area (Å²) in [5, 5.41) is 3.00. The zero-order chi connectivity index (χ0) is 20.9. The molecular formula is C20H25F4N3O. The number of hydrogen-bond donors (Lipinski definition) is 1. The molecule has 154 valence electrons. The van der Waals surface area contributed by atoms with Gasteiger partial charge in [0.25, 0.3) is 12.9 Å². The molecule has 1 N–H and O–H groups in total. The minimum atomic E-state index is -2.82. The first-order valence-electron chi connectivity index (χ1n) is 8.98. The van der Waals surface area contributed by atoms with E-state index in [9.17, 15) is 17.6 Å². The van der Waals surface area contributed by atoms with Crippen molar-refractivity contribution < 1.29 is 22.3 Å². The number of anilines is 1. The van der Waals surface area contributed by atoms with E-state index in [0.29, 0.717) is 18.0 Å². The fourth-order valence-corrected chi connectivity index (χ4v) is 3.05. The van der Waals surface area contributed by atoms with E-state index in [1.54, 1.807) is 7.11 Å². The predicted octanol–water partition coefficient (Wildman–Crippen LogP) is 5.88. The van der Waals surface area contributed by atoms with Gasteiger partial charge in [0.1, 0.15) is 11.4 Å². The Labute approximate surface area is 162 Å². The van der Waals surface area contributed by atoms with Gasteiger partial charge in [0, 0.05) is 25.4 Å². The van der Waals surface area contributed by atoms with Crippen molar-refractivity contribution in [2.24, 2.45) is 5.92 Å². The van der Waals surface area contributed by atoms with Crippen LogP contribution >= 0.6 is 0 Å². The number of hydrogen-bond acceptors (Lipinski definition) is 4. The second-order valence-electron chi connectivity index (χ2n) is 7.31. The average Bonchev–Trinajstić information content (AvgIpc) is 2.65. The molecule has 0 saturated heterocycles. The first-order chi connectivity index (χ1) is 13.1. The molecule has 0 aliphatic rings. The molecular weight excluding hydrogens is 374 g/mol. The summed E-state index contributed by atoms with van der Waals surface area (Å²) in [5.74, 6) is 0.373. The molecule has 2 aromatic heterocycles. The van der Waals surface area contributed by atoms with Gasteiger partial charge in [-0.2, -0.15) is 0 Å². The first kappa shape index (κ1) is 22.1. The Bertz CT molecular complexity index is 786. The van der Waals surface area contributed by atoms with Crippen molar-refractivity contribution in [1.82, 2.24) is 9.97 Å². The average molecular weight is 399 g/mol. The van der Waals surface area contributed by atoms with Crippen LogP contribution in [0.5, 0.6) is 0 Å². The van der Waals surface area contributed by atoms with E-state index in [2.05, 4.69) is 29.1 Å². The van der Waals surface area contributed by atoms with E-state index in [-0.39, 0.29) is 11.4 Å². The summed E-state index contributed by atoms with van der Waals surface area (Å²) in [4.78, 5) is 7.58. The molecule has 4 nitrogen and oxygen atoms in total. The number of nitrogens with one attached hydrogen (secondary N) is 1. The number of ether oxygens (including phenoxy) is 1. The molecule has 0 aliphatic carbocycles. The van der Waals surface area contributed by atoms with Crippen molar-refractivity contribution in [3.63, 3.8) is 0 Å². The van der Waals surface area contributed by atoms with E-state index in [1.165, 1.54) is 24.4 Å². The normalized spacial score (nSPS) is 14.0. The Morgan fingerprint density at radius 3 is 2.39 bits per heavy atom. The van der Waals surface area contributed by atoms with Gasteiger partial charge in [-0.25, -0.2) is 22.5 Å². The zero-order valence-electron chi connectivity index (χ0n) is 16.3. The maximum absolute atomic E-state index is 13.6. The van der Waals surface area contributed by atoms with E-state index in [0.717, 1.165) is 12.5 Å². The molecule has 28 heavy (non-hydrogen) atoms.